The van der Waals surface area contributed by atoms with Crippen LogP contribution in [0.15, 0.2) is 24.3 Å². The van der Waals surface area contributed by atoms with Gasteiger partial charge in [0.2, 0.25) is 11.8 Å². The van der Waals surface area contributed by atoms with E-state index in [1.807, 2.05) is 20.8 Å². The minimum Gasteiger partial charge on any atom is -0.466 e. The number of amides is 3. The van der Waals surface area contributed by atoms with Gasteiger partial charge in [-0.15, -0.1) is 6.42 Å². The molecule has 210 valence electrons. The lowest BCUT2D eigenvalue weighted by molar-refractivity contribution is -0.149. The molecule has 2 N–H and O–H groups in total. The first-order valence-corrected chi connectivity index (χ1v) is 13.3. The van der Waals surface area contributed by atoms with E-state index in [1.165, 1.54) is 4.90 Å². The summed E-state index contributed by atoms with van der Waals surface area (Å²) in [6.07, 6.45) is 5.43. The Balaban J connectivity index is 3.55. The van der Waals surface area contributed by atoms with E-state index in [4.69, 9.17) is 15.9 Å². The molecule has 0 bridgehead atoms. The molecule has 9 nitrogen and oxygen atoms in total. The van der Waals surface area contributed by atoms with Crippen LogP contribution in [0.3, 0.4) is 0 Å². The second-order valence-electron chi connectivity index (χ2n) is 10.2. The maximum Gasteiger partial charge on any atom is 0.408 e. The van der Waals surface area contributed by atoms with Crippen LogP contribution in [0, 0.1) is 12.3 Å². The summed E-state index contributed by atoms with van der Waals surface area (Å²) in [5.74, 6) is 1.04. The predicted octanol–water partition coefficient (Wildman–Crippen LogP) is 3.62. The van der Waals surface area contributed by atoms with Gasteiger partial charge in [-0.3, -0.25) is 14.4 Å². The molecule has 0 aliphatic carbocycles. The van der Waals surface area contributed by atoms with Gasteiger partial charge in [0.05, 0.1) is 13.0 Å². The number of benzene rings is 1. The van der Waals surface area contributed by atoms with Crippen molar-refractivity contribution in [2.24, 2.45) is 0 Å². The summed E-state index contributed by atoms with van der Waals surface area (Å²) in [7, 11) is 0. The van der Waals surface area contributed by atoms with Crippen molar-refractivity contribution >= 4 is 36.5 Å². The molecule has 2 unspecified atom stereocenters. The van der Waals surface area contributed by atoms with Gasteiger partial charge >= 0.3 is 12.1 Å². The van der Waals surface area contributed by atoms with Crippen molar-refractivity contribution in [3.8, 4) is 12.3 Å². The molecule has 0 saturated carbocycles. The van der Waals surface area contributed by atoms with E-state index in [0.717, 1.165) is 0 Å². The highest BCUT2D eigenvalue weighted by Crippen LogP contribution is 2.33. The summed E-state index contributed by atoms with van der Waals surface area (Å²) in [5, 5.41) is 5.33. The molecule has 1 rings (SSSR count). The van der Waals surface area contributed by atoms with Crippen LogP contribution in [0.25, 0.3) is 0 Å². The molecule has 0 aliphatic rings. The standard InChI is InChI=1S/C28H41N3O6S/c1-9-19-14-12-13-15-20(19)23(24(33)29-17-16-22(32)36-11-3)31(28(7,8)10-2)25(34)21(18-38)30-26(35)37-27(4,5)6/h1,12-15,21,23,38H,10-11,16-18H2,2-8H3,(H,29,33)(H,30,35). The quantitative estimate of drug-likeness (QED) is 0.209. The molecule has 0 spiro atoms. The van der Waals surface area contributed by atoms with Crippen molar-refractivity contribution in [3.05, 3.63) is 35.4 Å². The predicted molar refractivity (Wildman–Crippen MR) is 150 cm³/mol. The molecule has 1 aromatic carbocycles. The number of nitrogens with zero attached hydrogens (tertiary/aromatic N) is 1. The van der Waals surface area contributed by atoms with E-state index in [1.54, 1.807) is 52.0 Å². The lowest BCUT2D eigenvalue weighted by Gasteiger charge is -2.44. The number of terminal acetylenes is 1. The summed E-state index contributed by atoms with van der Waals surface area (Å²) >= 11 is 4.30. The lowest BCUT2D eigenvalue weighted by atomic mass is 9.90. The topological polar surface area (TPSA) is 114 Å². The summed E-state index contributed by atoms with van der Waals surface area (Å²) in [5.41, 5.74) is -0.748. The number of thiol groups is 1. The smallest absolute Gasteiger partial charge is 0.408 e. The fourth-order valence-electron chi connectivity index (χ4n) is 3.63. The number of carbonyl (C=O) groups excluding carboxylic acids is 4. The maximum absolute atomic E-state index is 14.1. The number of nitrogens with one attached hydrogen (secondary N) is 2. The SMILES string of the molecule is C#Cc1ccccc1C(C(=O)NCCC(=O)OCC)N(C(=O)C(CS)NC(=O)OC(C)(C)C)C(C)(C)CC. The van der Waals surface area contributed by atoms with Gasteiger partial charge in [0.25, 0.3) is 0 Å². The molecule has 3 amide bonds. The molecule has 0 saturated heterocycles. The Labute approximate surface area is 231 Å². The first-order valence-electron chi connectivity index (χ1n) is 12.6. The van der Waals surface area contributed by atoms with Crippen LogP contribution in [0.5, 0.6) is 0 Å². The molecule has 0 heterocycles. The van der Waals surface area contributed by atoms with Crippen LogP contribution < -0.4 is 10.6 Å². The molecule has 0 fully saturated rings. The van der Waals surface area contributed by atoms with Crippen LogP contribution in [0.1, 0.15) is 78.5 Å². The summed E-state index contributed by atoms with van der Waals surface area (Å²) in [6, 6.07) is 4.60. The van der Waals surface area contributed by atoms with Gasteiger partial charge < -0.3 is 25.0 Å². The Morgan fingerprint density at radius 1 is 1.11 bits per heavy atom. The van der Waals surface area contributed by atoms with E-state index in [9.17, 15) is 19.2 Å². The van der Waals surface area contributed by atoms with Gasteiger partial charge in [0, 0.05) is 23.4 Å². The molecule has 0 radical (unpaired) electrons. The van der Waals surface area contributed by atoms with E-state index >= 15 is 0 Å². The third-order valence-corrected chi connectivity index (χ3v) is 6.14. The average Bonchev–Trinajstić information content (AvgIpc) is 2.84. The number of rotatable bonds is 12. The third-order valence-electron chi connectivity index (χ3n) is 5.78. The minimum atomic E-state index is -1.16. The van der Waals surface area contributed by atoms with Crippen LogP contribution in [-0.4, -0.2) is 64.9 Å². The normalized spacial score (nSPS) is 12.9. The van der Waals surface area contributed by atoms with E-state index < -0.39 is 47.1 Å². The van der Waals surface area contributed by atoms with Gasteiger partial charge in [-0.1, -0.05) is 31.0 Å². The van der Waals surface area contributed by atoms with Crippen molar-refractivity contribution in [1.82, 2.24) is 15.5 Å². The zero-order valence-corrected chi connectivity index (χ0v) is 24.3. The highest BCUT2D eigenvalue weighted by molar-refractivity contribution is 7.80. The largest absolute Gasteiger partial charge is 0.466 e. The van der Waals surface area contributed by atoms with Crippen molar-refractivity contribution < 1.29 is 28.7 Å². The molecule has 10 heteroatoms. The Kier molecular flexibility index (Phi) is 12.7. The molecule has 1 aromatic rings. The molecule has 0 aromatic heterocycles. The van der Waals surface area contributed by atoms with Gasteiger partial charge in [0.15, 0.2) is 0 Å². The number of hydrogen-bond acceptors (Lipinski definition) is 7. The second kappa shape index (κ2) is 14.7. The van der Waals surface area contributed by atoms with Crippen LogP contribution in [0.2, 0.25) is 0 Å². The zero-order chi connectivity index (χ0) is 29.1. The Hall–Kier alpha value is -3.19. The van der Waals surface area contributed by atoms with Crippen molar-refractivity contribution in [3.63, 3.8) is 0 Å². The van der Waals surface area contributed by atoms with Crippen LogP contribution in [0.4, 0.5) is 4.79 Å². The fourth-order valence-corrected chi connectivity index (χ4v) is 3.88. The molecule has 0 aliphatic heterocycles. The Morgan fingerprint density at radius 2 is 1.74 bits per heavy atom. The van der Waals surface area contributed by atoms with Crippen LogP contribution >= 0.6 is 12.6 Å². The van der Waals surface area contributed by atoms with Gasteiger partial charge in [-0.05, 0) is 59.6 Å². The van der Waals surface area contributed by atoms with Crippen molar-refractivity contribution in [2.45, 2.75) is 84.5 Å². The first kappa shape index (κ1) is 32.8. The van der Waals surface area contributed by atoms with E-state index in [-0.39, 0.29) is 25.3 Å². The average molecular weight is 548 g/mol. The first-order chi connectivity index (χ1) is 17.7. The fraction of sp³-hybridized carbons (Fsp3) is 0.571. The molecular weight excluding hydrogens is 506 g/mol. The molecule has 38 heavy (non-hydrogen) atoms. The monoisotopic (exact) mass is 547 g/mol. The molecule has 2 atom stereocenters. The van der Waals surface area contributed by atoms with E-state index in [0.29, 0.717) is 17.5 Å². The van der Waals surface area contributed by atoms with Gasteiger partial charge in [-0.25, -0.2) is 4.79 Å². The number of ether oxygens (including phenoxy) is 2. The number of hydrogen-bond donors (Lipinski definition) is 3. The summed E-state index contributed by atoms with van der Waals surface area (Å²) < 4.78 is 10.3. The highest BCUT2D eigenvalue weighted by Gasteiger charge is 2.43. The number of carbonyl (C=O) groups is 4. The minimum absolute atomic E-state index is 0.00707. The van der Waals surface area contributed by atoms with Crippen LogP contribution in [-0.2, 0) is 23.9 Å². The van der Waals surface area contributed by atoms with Crippen molar-refractivity contribution in [2.75, 3.05) is 18.9 Å². The van der Waals surface area contributed by atoms with Crippen molar-refractivity contribution in [1.29, 1.82) is 0 Å². The second-order valence-corrected chi connectivity index (χ2v) is 10.6. The summed E-state index contributed by atoms with van der Waals surface area (Å²) in [4.78, 5) is 53.6. The molecular formula is C28H41N3O6S. The van der Waals surface area contributed by atoms with Gasteiger partial charge in [0.1, 0.15) is 17.7 Å². The Morgan fingerprint density at radius 3 is 2.26 bits per heavy atom. The van der Waals surface area contributed by atoms with Gasteiger partial charge in [-0.2, -0.15) is 12.6 Å². The zero-order valence-electron chi connectivity index (χ0n) is 23.4. The highest BCUT2D eigenvalue weighted by atomic mass is 32.1. The Bertz CT molecular complexity index is 1030. The summed E-state index contributed by atoms with van der Waals surface area (Å²) in [6.45, 7) is 12.6. The maximum atomic E-state index is 14.1. The van der Waals surface area contributed by atoms with E-state index in [2.05, 4.69) is 29.2 Å². The third kappa shape index (κ3) is 9.60. The number of alkyl carbamates (subject to hydrolysis) is 1. The lowest BCUT2D eigenvalue weighted by Crippen LogP contribution is -2.60. The number of esters is 1.